The molecule has 0 aromatic carbocycles. The van der Waals surface area contributed by atoms with Crippen LogP contribution >= 0.6 is 0 Å². The summed E-state index contributed by atoms with van der Waals surface area (Å²) in [5, 5.41) is 8.19. The summed E-state index contributed by atoms with van der Waals surface area (Å²) in [7, 11) is 3.11. The largest absolute Gasteiger partial charge is 0.389 e. The number of primary amides is 1. The van der Waals surface area contributed by atoms with Crippen molar-refractivity contribution in [1.82, 2.24) is 16.0 Å². The summed E-state index contributed by atoms with van der Waals surface area (Å²) in [5.41, 5.74) is 1.77. The topological polar surface area (TPSA) is 105 Å². The Hall–Kier alpha value is -1.60. The molecule has 7 nitrogen and oxygen atoms in total. The van der Waals surface area contributed by atoms with E-state index in [2.05, 4.69) is 16.0 Å². The van der Waals surface area contributed by atoms with Crippen LogP contribution in [0.4, 0.5) is 0 Å². The Bertz CT molecular complexity index is 312. The first kappa shape index (κ1) is 14.5. The van der Waals surface area contributed by atoms with Crippen LogP contribution in [-0.4, -0.2) is 51.2 Å². The Morgan fingerprint density at radius 2 is 2.22 bits per heavy atom. The number of carbonyl (C=O) groups excluding carboxylic acids is 2. The van der Waals surface area contributed by atoms with Gasteiger partial charge in [0.1, 0.15) is 12.1 Å². The summed E-state index contributed by atoms with van der Waals surface area (Å²) < 4.78 is 11.8. The smallest absolute Gasteiger partial charge is 0.241 e. The highest BCUT2D eigenvalue weighted by Crippen LogP contribution is 1.88. The lowest BCUT2D eigenvalue weighted by Crippen LogP contribution is -2.55. The van der Waals surface area contributed by atoms with Gasteiger partial charge in [-0.2, -0.15) is 0 Å². The first-order valence-corrected chi connectivity index (χ1v) is 5.63. The van der Waals surface area contributed by atoms with Crippen LogP contribution in [0.15, 0.2) is 12.3 Å². The van der Waals surface area contributed by atoms with E-state index in [0.29, 0.717) is 0 Å². The van der Waals surface area contributed by atoms with E-state index in [1.54, 1.807) is 25.1 Å². The molecule has 0 unspecified atom stereocenters. The first-order chi connectivity index (χ1) is 9.10. The van der Waals surface area contributed by atoms with E-state index in [1.807, 2.05) is 6.92 Å². The molecule has 0 rings (SSSR count). The molecule has 2 atom stereocenters. The van der Waals surface area contributed by atoms with Crippen molar-refractivity contribution in [2.24, 2.45) is 5.73 Å². The molecular formula is C11H22N4O3. The Kier molecular flexibility index (Phi) is 7.58. The molecule has 0 aliphatic carbocycles. The number of nitrogens with one attached hydrogen (secondary N) is 3. The van der Waals surface area contributed by atoms with Gasteiger partial charge in [-0.05, 0) is 20.2 Å². The number of methoxy groups -OCH3 is 1. The van der Waals surface area contributed by atoms with E-state index >= 15 is 0 Å². The normalized spacial score (nSPS) is 14.7. The summed E-state index contributed by atoms with van der Waals surface area (Å²) in [6.45, 7) is 2.21. The van der Waals surface area contributed by atoms with Crippen LogP contribution in [-0.2, 0) is 14.3 Å². The maximum absolute atomic E-state index is 11.9. The zero-order valence-corrected chi connectivity index (χ0v) is 10.9. The van der Waals surface area contributed by atoms with Gasteiger partial charge in [0.25, 0.3) is 0 Å². The molecule has 104 valence electrons. The molecular weight excluding hydrogens is 236 g/mol. The zero-order chi connectivity index (χ0) is 14.7. The zero-order valence-electron chi connectivity index (χ0n) is 11.9. The van der Waals surface area contributed by atoms with Gasteiger partial charge in [-0.25, -0.2) is 0 Å². The number of amides is 2. The number of nitrogens with two attached hydrogens (primary N) is 1. The Morgan fingerprint density at radius 3 is 2.72 bits per heavy atom. The predicted molar refractivity (Wildman–Crippen MR) is 68.7 cm³/mol. The lowest BCUT2D eigenvalue weighted by molar-refractivity contribution is -0.129. The van der Waals surface area contributed by atoms with E-state index in [1.165, 1.54) is 7.11 Å². The molecule has 0 aliphatic heterocycles. The molecule has 0 spiro atoms. The number of allylic oxidation sites excluding steroid dienone is 1. The second-order valence-electron chi connectivity index (χ2n) is 3.63. The fraction of sp³-hybridized carbons (Fsp3) is 0.636. The van der Waals surface area contributed by atoms with Crippen LogP contribution in [0.2, 0.25) is 1.41 Å². The second-order valence-corrected chi connectivity index (χ2v) is 3.63. The van der Waals surface area contributed by atoms with Gasteiger partial charge in [-0.1, -0.05) is 6.08 Å². The van der Waals surface area contributed by atoms with E-state index in [0.717, 1.165) is 0 Å². The second kappa shape index (κ2) is 9.43. The number of rotatable bonds is 9. The van der Waals surface area contributed by atoms with Gasteiger partial charge in [0.2, 0.25) is 11.8 Å². The van der Waals surface area contributed by atoms with Crippen LogP contribution in [0, 0.1) is 0 Å². The van der Waals surface area contributed by atoms with Gasteiger partial charge in [-0.3, -0.25) is 9.59 Å². The summed E-state index contributed by atoms with van der Waals surface area (Å²) in [6, 6.07) is -1.37. The van der Waals surface area contributed by atoms with E-state index in [-0.39, 0.29) is 19.1 Å². The molecule has 0 saturated carbocycles. The number of likely N-dealkylation sites (N-methyl/N-ethyl adjacent to an activating group) is 1. The molecule has 0 radical (unpaired) electrons. The van der Waals surface area contributed by atoms with Gasteiger partial charge in [-0.15, -0.1) is 0 Å². The Balaban J connectivity index is 4.52. The molecule has 0 saturated heterocycles. The number of ether oxygens (including phenoxy) is 1. The van der Waals surface area contributed by atoms with Crippen LogP contribution in [0.5, 0.6) is 0 Å². The third-order valence-electron chi connectivity index (χ3n) is 2.24. The van der Waals surface area contributed by atoms with Crippen molar-refractivity contribution in [1.29, 1.82) is 0 Å². The maximum Gasteiger partial charge on any atom is 0.241 e. The van der Waals surface area contributed by atoms with Gasteiger partial charge in [0, 0.05) is 13.7 Å². The summed E-state index contributed by atoms with van der Waals surface area (Å²) >= 11 is 0. The van der Waals surface area contributed by atoms with Gasteiger partial charge in [0.15, 0.2) is 1.41 Å². The summed E-state index contributed by atoms with van der Waals surface area (Å²) in [4.78, 5) is 23.4. The third-order valence-corrected chi connectivity index (χ3v) is 2.24. The average molecular weight is 260 g/mol. The van der Waals surface area contributed by atoms with Crippen molar-refractivity contribution >= 4 is 11.8 Å². The highest BCUT2D eigenvalue weighted by atomic mass is 16.5. The van der Waals surface area contributed by atoms with Gasteiger partial charge in [0.05, 0.1) is 6.61 Å². The number of hydrogen-bond donors (Lipinski definition) is 4. The molecule has 5 N–H and O–H groups in total. The van der Waals surface area contributed by atoms with E-state index < -0.39 is 18.0 Å². The highest BCUT2D eigenvalue weighted by molar-refractivity contribution is 5.89. The molecule has 0 heterocycles. The van der Waals surface area contributed by atoms with Crippen LogP contribution in [0.3, 0.4) is 0 Å². The molecule has 0 fully saturated rings. The minimum absolute atomic E-state index is 0.194. The predicted octanol–water partition coefficient (Wildman–Crippen LogP) is -1.69. The lowest BCUT2D eigenvalue weighted by Gasteiger charge is -2.20. The maximum atomic E-state index is 11.9. The van der Waals surface area contributed by atoms with Crippen molar-refractivity contribution in [3.8, 4) is 0 Å². The van der Waals surface area contributed by atoms with Crippen LogP contribution in [0.25, 0.3) is 0 Å². The third kappa shape index (κ3) is 6.21. The number of carbonyl (C=O) groups is 2. The SMILES string of the molecule is [3H]NC(=O)[C@H](CNC=CC)NC(=O)[C@H](COC)NC. The molecule has 0 bridgehead atoms. The Morgan fingerprint density at radius 1 is 1.50 bits per heavy atom. The van der Waals surface area contributed by atoms with Crippen molar-refractivity contribution in [3.05, 3.63) is 12.3 Å². The Labute approximate surface area is 109 Å². The molecule has 2 amide bonds. The minimum atomic E-state index is -0.825. The first-order valence-electron chi connectivity index (χ1n) is 6.13. The molecule has 0 aromatic heterocycles. The summed E-state index contributed by atoms with van der Waals surface area (Å²) in [5.74, 6) is -0.946. The fourth-order valence-electron chi connectivity index (χ4n) is 1.24. The quantitative estimate of drug-likeness (QED) is 0.396. The van der Waals surface area contributed by atoms with Crippen molar-refractivity contribution in [2.45, 2.75) is 19.0 Å². The number of hydrogen-bond acceptors (Lipinski definition) is 5. The molecule has 0 aromatic rings. The lowest BCUT2D eigenvalue weighted by atomic mass is 10.2. The van der Waals surface area contributed by atoms with Crippen LogP contribution < -0.4 is 21.7 Å². The minimum Gasteiger partial charge on any atom is -0.389 e. The van der Waals surface area contributed by atoms with E-state index in [9.17, 15) is 9.59 Å². The molecule has 18 heavy (non-hydrogen) atoms. The summed E-state index contributed by atoms with van der Waals surface area (Å²) in [6.07, 6.45) is 3.42. The highest BCUT2D eigenvalue weighted by Gasteiger charge is 2.22. The monoisotopic (exact) mass is 260 g/mol. The van der Waals surface area contributed by atoms with Crippen molar-refractivity contribution < 1.29 is 15.7 Å². The van der Waals surface area contributed by atoms with Crippen molar-refractivity contribution in [2.75, 3.05) is 27.3 Å². The fourth-order valence-corrected chi connectivity index (χ4v) is 1.24. The van der Waals surface area contributed by atoms with E-state index in [4.69, 9.17) is 6.15 Å². The average Bonchev–Trinajstić information content (AvgIpc) is 2.42. The molecule has 0 aliphatic rings. The van der Waals surface area contributed by atoms with Gasteiger partial charge < -0.3 is 26.4 Å². The van der Waals surface area contributed by atoms with Crippen LogP contribution in [0.1, 0.15) is 6.92 Å². The van der Waals surface area contributed by atoms with Crippen molar-refractivity contribution in [3.63, 3.8) is 0 Å². The standard InChI is InChI=1S/C11H22N4O3/c1-4-5-14-6-8(10(12)16)15-11(17)9(13-2)7-18-3/h4-5,8-9,13-14H,6-7H2,1-3H3,(H2,12,16)(H,15,17)/t8-,9-/m0/s1/i/hT. The van der Waals surface area contributed by atoms with Gasteiger partial charge >= 0.3 is 0 Å². The molecule has 7 heteroatoms.